The van der Waals surface area contributed by atoms with Gasteiger partial charge in [-0.3, -0.25) is 4.79 Å². The lowest BCUT2D eigenvalue weighted by molar-refractivity contribution is 0.102. The van der Waals surface area contributed by atoms with E-state index in [1.807, 2.05) is 0 Å². The molecular formula is C13H11F3N4O. The van der Waals surface area contributed by atoms with E-state index < -0.39 is 23.4 Å². The van der Waals surface area contributed by atoms with E-state index in [9.17, 15) is 18.0 Å². The van der Waals surface area contributed by atoms with Crippen LogP contribution < -0.4 is 10.2 Å². The molecule has 0 saturated heterocycles. The lowest BCUT2D eigenvalue weighted by Gasteiger charge is -2.11. The van der Waals surface area contributed by atoms with Crippen LogP contribution in [0, 0.1) is 17.5 Å². The zero-order chi connectivity index (χ0) is 15.6. The molecule has 5 nitrogen and oxygen atoms in total. The molecule has 0 atom stereocenters. The van der Waals surface area contributed by atoms with Gasteiger partial charge in [-0.25, -0.2) is 18.2 Å². The Kier molecular flexibility index (Phi) is 4.06. The van der Waals surface area contributed by atoms with Gasteiger partial charge in [-0.15, -0.1) is 0 Å². The maximum Gasteiger partial charge on any atom is 0.257 e. The zero-order valence-corrected chi connectivity index (χ0v) is 11.2. The molecule has 21 heavy (non-hydrogen) atoms. The van der Waals surface area contributed by atoms with E-state index in [0.29, 0.717) is 18.1 Å². The highest BCUT2D eigenvalue weighted by molar-refractivity contribution is 6.03. The van der Waals surface area contributed by atoms with Crippen LogP contribution in [0.1, 0.15) is 10.4 Å². The maximum absolute atomic E-state index is 13.1. The summed E-state index contributed by atoms with van der Waals surface area (Å²) in [5, 5.41) is 2.35. The van der Waals surface area contributed by atoms with Crippen molar-refractivity contribution >= 4 is 17.7 Å². The molecule has 1 aromatic heterocycles. The van der Waals surface area contributed by atoms with Crippen LogP contribution in [-0.4, -0.2) is 30.0 Å². The fraction of sp³-hybridized carbons (Fsp3) is 0.154. The first-order chi connectivity index (χ1) is 9.88. The number of carbonyl (C=O) groups is 1. The summed E-state index contributed by atoms with van der Waals surface area (Å²) >= 11 is 0. The first-order valence-electron chi connectivity index (χ1n) is 5.84. The standard InChI is InChI=1S/C13H11F3N4O/c1-20(2)13-17-4-3-10(19-13)18-12(21)7-5-8(14)11(16)9(15)6-7/h3-6H,1-2H3,(H,17,18,19,21). The molecule has 0 aliphatic rings. The van der Waals surface area contributed by atoms with Gasteiger partial charge >= 0.3 is 0 Å². The quantitative estimate of drug-likeness (QED) is 0.882. The summed E-state index contributed by atoms with van der Waals surface area (Å²) in [4.78, 5) is 21.5. The average molecular weight is 296 g/mol. The lowest BCUT2D eigenvalue weighted by atomic mass is 10.2. The SMILES string of the molecule is CN(C)c1nccc(NC(=O)c2cc(F)c(F)c(F)c2)n1. The summed E-state index contributed by atoms with van der Waals surface area (Å²) in [6.07, 6.45) is 1.42. The third-order valence-corrected chi connectivity index (χ3v) is 2.53. The summed E-state index contributed by atoms with van der Waals surface area (Å²) in [7, 11) is 3.43. The molecule has 1 N–H and O–H groups in total. The Morgan fingerprint density at radius 3 is 2.38 bits per heavy atom. The fourth-order valence-electron chi connectivity index (χ4n) is 1.51. The van der Waals surface area contributed by atoms with Gasteiger partial charge in [-0.1, -0.05) is 0 Å². The van der Waals surface area contributed by atoms with E-state index in [-0.39, 0.29) is 11.4 Å². The van der Waals surface area contributed by atoms with E-state index in [0.717, 1.165) is 0 Å². The molecule has 2 rings (SSSR count). The van der Waals surface area contributed by atoms with Gasteiger partial charge in [0.2, 0.25) is 5.95 Å². The van der Waals surface area contributed by atoms with Gasteiger partial charge in [0.15, 0.2) is 17.5 Å². The Labute approximate surface area is 118 Å². The molecule has 8 heteroatoms. The number of nitrogens with one attached hydrogen (secondary N) is 1. The van der Waals surface area contributed by atoms with Crippen molar-refractivity contribution in [2.75, 3.05) is 24.3 Å². The van der Waals surface area contributed by atoms with Gasteiger partial charge in [0.1, 0.15) is 5.82 Å². The van der Waals surface area contributed by atoms with Gasteiger partial charge in [0, 0.05) is 25.9 Å². The summed E-state index contributed by atoms with van der Waals surface area (Å²) in [5.41, 5.74) is -0.351. The van der Waals surface area contributed by atoms with Crippen LogP contribution in [0.25, 0.3) is 0 Å². The van der Waals surface area contributed by atoms with E-state index >= 15 is 0 Å². The van der Waals surface area contributed by atoms with E-state index in [1.54, 1.807) is 19.0 Å². The fourth-order valence-corrected chi connectivity index (χ4v) is 1.51. The number of aromatic nitrogens is 2. The minimum atomic E-state index is -1.62. The number of anilines is 2. The summed E-state index contributed by atoms with van der Waals surface area (Å²) in [6.45, 7) is 0. The molecule has 1 aromatic carbocycles. The van der Waals surface area contributed by atoms with Crippen LogP contribution in [0.3, 0.4) is 0 Å². The van der Waals surface area contributed by atoms with Crippen LogP contribution in [0.5, 0.6) is 0 Å². The lowest BCUT2D eigenvalue weighted by Crippen LogP contribution is -2.17. The number of carbonyl (C=O) groups excluding carboxylic acids is 1. The monoisotopic (exact) mass is 296 g/mol. The Morgan fingerprint density at radius 1 is 1.19 bits per heavy atom. The number of nitrogens with zero attached hydrogens (tertiary/aromatic N) is 3. The van der Waals surface area contributed by atoms with Gasteiger partial charge in [-0.05, 0) is 18.2 Å². The first kappa shape index (κ1) is 14.8. The van der Waals surface area contributed by atoms with Crippen molar-refractivity contribution in [1.82, 2.24) is 9.97 Å². The number of halogens is 3. The van der Waals surface area contributed by atoms with Gasteiger partial charge in [0.25, 0.3) is 5.91 Å². The molecule has 0 unspecified atom stereocenters. The van der Waals surface area contributed by atoms with Crippen molar-refractivity contribution in [3.63, 3.8) is 0 Å². The molecule has 2 aromatic rings. The van der Waals surface area contributed by atoms with Crippen molar-refractivity contribution in [2.45, 2.75) is 0 Å². The highest BCUT2D eigenvalue weighted by Crippen LogP contribution is 2.15. The molecular weight excluding hydrogens is 285 g/mol. The molecule has 0 saturated carbocycles. The third kappa shape index (κ3) is 3.28. The van der Waals surface area contributed by atoms with Gasteiger partial charge in [0.05, 0.1) is 0 Å². The molecule has 0 aliphatic carbocycles. The van der Waals surface area contributed by atoms with Crippen molar-refractivity contribution in [3.05, 3.63) is 47.4 Å². The van der Waals surface area contributed by atoms with Crippen molar-refractivity contribution in [3.8, 4) is 0 Å². The normalized spacial score (nSPS) is 10.3. The van der Waals surface area contributed by atoms with E-state index in [1.165, 1.54) is 12.3 Å². The van der Waals surface area contributed by atoms with Crippen molar-refractivity contribution in [1.29, 1.82) is 0 Å². The number of amides is 1. The summed E-state index contributed by atoms with van der Waals surface area (Å²) < 4.78 is 39.0. The largest absolute Gasteiger partial charge is 0.347 e. The van der Waals surface area contributed by atoms with Crippen LogP contribution in [0.4, 0.5) is 24.9 Å². The predicted molar refractivity (Wildman–Crippen MR) is 70.6 cm³/mol. The molecule has 0 fully saturated rings. The second-order valence-corrected chi connectivity index (χ2v) is 4.34. The summed E-state index contributed by atoms with van der Waals surface area (Å²) in [6, 6.07) is 2.64. The molecule has 110 valence electrons. The van der Waals surface area contributed by atoms with Gasteiger partial charge < -0.3 is 10.2 Å². The molecule has 0 radical (unpaired) electrons. The molecule has 0 aliphatic heterocycles. The minimum Gasteiger partial charge on any atom is -0.347 e. The Hall–Kier alpha value is -2.64. The number of hydrogen-bond acceptors (Lipinski definition) is 4. The van der Waals surface area contributed by atoms with E-state index in [2.05, 4.69) is 15.3 Å². The third-order valence-electron chi connectivity index (χ3n) is 2.53. The van der Waals surface area contributed by atoms with Crippen molar-refractivity contribution < 1.29 is 18.0 Å². The van der Waals surface area contributed by atoms with Crippen LogP contribution in [-0.2, 0) is 0 Å². The number of rotatable bonds is 3. The van der Waals surface area contributed by atoms with Crippen molar-refractivity contribution in [2.24, 2.45) is 0 Å². The number of hydrogen-bond donors (Lipinski definition) is 1. The molecule has 0 bridgehead atoms. The Morgan fingerprint density at radius 2 is 1.81 bits per heavy atom. The predicted octanol–water partition coefficient (Wildman–Crippen LogP) is 2.21. The molecule has 1 amide bonds. The Balaban J connectivity index is 2.24. The topological polar surface area (TPSA) is 58.1 Å². The smallest absolute Gasteiger partial charge is 0.257 e. The summed E-state index contributed by atoms with van der Waals surface area (Å²) in [5.74, 6) is -4.79. The highest BCUT2D eigenvalue weighted by Gasteiger charge is 2.15. The maximum atomic E-state index is 13.1. The number of benzene rings is 1. The van der Waals surface area contributed by atoms with Gasteiger partial charge in [-0.2, -0.15) is 4.98 Å². The van der Waals surface area contributed by atoms with Crippen LogP contribution in [0.15, 0.2) is 24.4 Å². The van der Waals surface area contributed by atoms with Crippen LogP contribution in [0.2, 0.25) is 0 Å². The second kappa shape index (κ2) is 5.78. The molecule has 1 heterocycles. The first-order valence-corrected chi connectivity index (χ1v) is 5.84. The Bertz CT molecular complexity index is 668. The second-order valence-electron chi connectivity index (χ2n) is 4.34. The highest BCUT2D eigenvalue weighted by atomic mass is 19.2. The van der Waals surface area contributed by atoms with Crippen LogP contribution >= 0.6 is 0 Å². The average Bonchev–Trinajstić information content (AvgIpc) is 2.44. The molecule has 0 spiro atoms. The zero-order valence-electron chi connectivity index (χ0n) is 11.2. The van der Waals surface area contributed by atoms with E-state index in [4.69, 9.17) is 0 Å². The minimum absolute atomic E-state index is 0.156.